The lowest BCUT2D eigenvalue weighted by Crippen LogP contribution is -2.11. The number of nitrogens with one attached hydrogen (secondary N) is 1. The molecule has 1 aliphatic heterocycles. The van der Waals surface area contributed by atoms with E-state index < -0.39 is 0 Å². The van der Waals surface area contributed by atoms with Crippen LogP contribution in [0.3, 0.4) is 0 Å². The molecule has 2 heterocycles. The van der Waals surface area contributed by atoms with Gasteiger partial charge in [0.2, 0.25) is 5.91 Å². The van der Waals surface area contributed by atoms with E-state index in [2.05, 4.69) is 11.4 Å². The second kappa shape index (κ2) is 6.84. The zero-order chi connectivity index (χ0) is 16.4. The molecule has 1 aliphatic rings. The molecule has 1 aromatic carbocycles. The summed E-state index contributed by atoms with van der Waals surface area (Å²) in [5.74, 6) is 1.95. The first-order chi connectivity index (χ1) is 11.1. The molecule has 0 aliphatic carbocycles. The lowest BCUT2D eigenvalue weighted by atomic mass is 10.1. The molecular weight excluding hydrogens is 330 g/mol. The quantitative estimate of drug-likeness (QED) is 0.893. The molecule has 0 fully saturated rings. The van der Waals surface area contributed by atoms with Crippen LogP contribution in [-0.2, 0) is 4.79 Å². The lowest BCUT2D eigenvalue weighted by Gasteiger charge is -2.18. The fourth-order valence-corrected chi connectivity index (χ4v) is 4.73. The number of carbonyl (C=O) groups is 1. The predicted octanol–water partition coefficient (Wildman–Crippen LogP) is 4.32. The first kappa shape index (κ1) is 16.2. The van der Waals surface area contributed by atoms with Crippen LogP contribution in [0.5, 0.6) is 11.5 Å². The van der Waals surface area contributed by atoms with Crippen molar-refractivity contribution >= 4 is 34.7 Å². The zero-order valence-electron chi connectivity index (χ0n) is 13.3. The molecule has 2 aromatic rings. The second-order valence-corrected chi connectivity index (χ2v) is 7.56. The summed E-state index contributed by atoms with van der Waals surface area (Å²) >= 11 is 3.30. The maximum absolute atomic E-state index is 11.8. The van der Waals surface area contributed by atoms with Crippen molar-refractivity contribution in [2.24, 2.45) is 0 Å². The van der Waals surface area contributed by atoms with Gasteiger partial charge in [-0.05, 0) is 43.0 Å². The number of hydrogen-bond acceptors (Lipinski definition) is 5. The van der Waals surface area contributed by atoms with Crippen molar-refractivity contribution < 1.29 is 14.3 Å². The van der Waals surface area contributed by atoms with Gasteiger partial charge in [0.05, 0.1) is 29.9 Å². The molecule has 0 saturated carbocycles. The fraction of sp³-hybridized carbons (Fsp3) is 0.353. The molecule has 4 nitrogen and oxygen atoms in total. The number of rotatable bonds is 4. The third-order valence-electron chi connectivity index (χ3n) is 3.44. The topological polar surface area (TPSA) is 47.6 Å². The minimum absolute atomic E-state index is 0.0453. The summed E-state index contributed by atoms with van der Waals surface area (Å²) in [5.41, 5.74) is 2.03. The number of fused-ring (bicyclic) bond motifs is 1. The largest absolute Gasteiger partial charge is 0.493 e. The van der Waals surface area contributed by atoms with Gasteiger partial charge in [-0.3, -0.25) is 4.79 Å². The van der Waals surface area contributed by atoms with Gasteiger partial charge in [-0.15, -0.1) is 23.1 Å². The van der Waals surface area contributed by atoms with Gasteiger partial charge in [0.1, 0.15) is 0 Å². The summed E-state index contributed by atoms with van der Waals surface area (Å²) in [6, 6.07) is 7.97. The number of carbonyl (C=O) groups excluding carboxylic acids is 1. The Kier molecular flexibility index (Phi) is 4.82. The molecular formula is C17H19NO3S2. The third-order valence-corrected chi connectivity index (χ3v) is 5.84. The summed E-state index contributed by atoms with van der Waals surface area (Å²) in [6.45, 7) is 3.98. The monoisotopic (exact) mass is 349 g/mol. The van der Waals surface area contributed by atoms with E-state index >= 15 is 0 Å². The fourth-order valence-electron chi connectivity index (χ4n) is 2.49. The number of hydrogen-bond donors (Lipinski definition) is 1. The number of thiophene rings is 1. The van der Waals surface area contributed by atoms with Crippen molar-refractivity contribution in [2.75, 3.05) is 18.2 Å². The minimum Gasteiger partial charge on any atom is -0.493 e. The van der Waals surface area contributed by atoms with E-state index in [0.29, 0.717) is 5.75 Å². The predicted molar refractivity (Wildman–Crippen MR) is 96.0 cm³/mol. The Hall–Kier alpha value is -1.66. The van der Waals surface area contributed by atoms with Crippen molar-refractivity contribution in [3.05, 3.63) is 40.1 Å². The van der Waals surface area contributed by atoms with Gasteiger partial charge in [-0.2, -0.15) is 0 Å². The lowest BCUT2D eigenvalue weighted by molar-refractivity contribution is -0.113. The Labute approximate surface area is 144 Å². The highest BCUT2D eigenvalue weighted by molar-refractivity contribution is 8.00. The molecule has 0 saturated heterocycles. The molecule has 0 radical (unpaired) electrons. The van der Waals surface area contributed by atoms with Crippen LogP contribution in [0.15, 0.2) is 29.6 Å². The van der Waals surface area contributed by atoms with Crippen LogP contribution in [0.1, 0.15) is 29.5 Å². The van der Waals surface area contributed by atoms with E-state index in [0.717, 1.165) is 22.7 Å². The maximum atomic E-state index is 11.8. The van der Waals surface area contributed by atoms with Gasteiger partial charge < -0.3 is 14.8 Å². The molecule has 0 spiro atoms. The van der Waals surface area contributed by atoms with Crippen molar-refractivity contribution in [3.63, 3.8) is 0 Å². The number of anilines is 1. The average Bonchev–Trinajstić information content (AvgIpc) is 2.90. The Bertz CT molecular complexity index is 712. The number of benzene rings is 1. The van der Waals surface area contributed by atoms with Crippen LogP contribution in [-0.4, -0.2) is 24.9 Å². The van der Waals surface area contributed by atoms with Gasteiger partial charge >= 0.3 is 0 Å². The molecule has 1 amide bonds. The third kappa shape index (κ3) is 3.48. The van der Waals surface area contributed by atoms with Crippen LogP contribution < -0.4 is 14.8 Å². The summed E-state index contributed by atoms with van der Waals surface area (Å²) in [4.78, 5) is 13.0. The number of thioether (sulfide) groups is 1. The Balaban J connectivity index is 1.97. The molecule has 6 heteroatoms. The molecule has 0 unspecified atom stereocenters. The van der Waals surface area contributed by atoms with Crippen LogP contribution >= 0.6 is 23.1 Å². The molecule has 1 N–H and O–H groups in total. The summed E-state index contributed by atoms with van der Waals surface area (Å²) in [6.07, 6.45) is 0.0905. The number of methoxy groups -OCH3 is 1. The normalized spacial score (nSPS) is 17.4. The summed E-state index contributed by atoms with van der Waals surface area (Å²) < 4.78 is 11.3. The molecule has 23 heavy (non-hydrogen) atoms. The van der Waals surface area contributed by atoms with Crippen LogP contribution in [0.4, 0.5) is 5.69 Å². The van der Waals surface area contributed by atoms with Gasteiger partial charge in [0.25, 0.3) is 0 Å². The van der Waals surface area contributed by atoms with E-state index in [1.807, 2.05) is 37.4 Å². The van der Waals surface area contributed by atoms with Crippen molar-refractivity contribution in [1.82, 2.24) is 0 Å². The molecule has 3 rings (SSSR count). The SMILES string of the molecule is COc1cc([C@@H]2SCC(=O)Nc3ccsc32)ccc1OC(C)C. The van der Waals surface area contributed by atoms with E-state index in [9.17, 15) is 4.79 Å². The highest BCUT2D eigenvalue weighted by atomic mass is 32.2. The van der Waals surface area contributed by atoms with E-state index in [-0.39, 0.29) is 17.3 Å². The maximum Gasteiger partial charge on any atom is 0.234 e. The van der Waals surface area contributed by atoms with Crippen LogP contribution in [0.2, 0.25) is 0 Å². The highest BCUT2D eigenvalue weighted by Gasteiger charge is 2.26. The van der Waals surface area contributed by atoms with Gasteiger partial charge in [-0.1, -0.05) is 6.07 Å². The molecule has 1 aromatic heterocycles. The first-order valence-electron chi connectivity index (χ1n) is 7.42. The zero-order valence-corrected chi connectivity index (χ0v) is 14.9. The number of ether oxygens (including phenoxy) is 2. The first-order valence-corrected chi connectivity index (χ1v) is 9.34. The van der Waals surface area contributed by atoms with Crippen molar-refractivity contribution in [2.45, 2.75) is 25.2 Å². The van der Waals surface area contributed by atoms with E-state index in [1.165, 1.54) is 4.88 Å². The molecule has 122 valence electrons. The Morgan fingerprint density at radius 1 is 1.26 bits per heavy atom. The van der Waals surface area contributed by atoms with Crippen LogP contribution in [0, 0.1) is 0 Å². The Morgan fingerprint density at radius 2 is 2.09 bits per heavy atom. The van der Waals surface area contributed by atoms with Gasteiger partial charge in [-0.25, -0.2) is 0 Å². The van der Waals surface area contributed by atoms with Crippen molar-refractivity contribution in [3.8, 4) is 11.5 Å². The molecule has 1 atom stereocenters. The van der Waals surface area contributed by atoms with Crippen LogP contribution in [0.25, 0.3) is 0 Å². The average molecular weight is 349 g/mol. The van der Waals surface area contributed by atoms with E-state index in [1.54, 1.807) is 30.2 Å². The highest BCUT2D eigenvalue weighted by Crippen LogP contribution is 2.46. The Morgan fingerprint density at radius 3 is 2.83 bits per heavy atom. The van der Waals surface area contributed by atoms with E-state index in [4.69, 9.17) is 9.47 Å². The summed E-state index contributed by atoms with van der Waals surface area (Å²) in [5, 5.41) is 5.09. The summed E-state index contributed by atoms with van der Waals surface area (Å²) in [7, 11) is 1.65. The smallest absolute Gasteiger partial charge is 0.234 e. The van der Waals surface area contributed by atoms with Crippen molar-refractivity contribution in [1.29, 1.82) is 0 Å². The molecule has 0 bridgehead atoms. The van der Waals surface area contributed by atoms with Gasteiger partial charge in [0.15, 0.2) is 11.5 Å². The standard InChI is InChI=1S/C17H19NO3S2/c1-10(2)21-13-5-4-11(8-14(13)20-3)16-17-12(6-7-22-17)18-15(19)9-23-16/h4-8,10,16H,9H2,1-3H3,(H,18,19)/t16-/m0/s1. The second-order valence-electron chi connectivity index (χ2n) is 5.51. The van der Waals surface area contributed by atoms with Gasteiger partial charge in [0, 0.05) is 4.88 Å². The number of amides is 1. The minimum atomic E-state index is 0.0453.